The number of likely N-dealkylation sites (tertiary alicyclic amines) is 1. The van der Waals surface area contributed by atoms with Crippen molar-refractivity contribution in [1.29, 1.82) is 0 Å². The number of rotatable bonds is 2. The lowest BCUT2D eigenvalue weighted by atomic mass is 9.81. The molecule has 3 rings (SSSR count). The first kappa shape index (κ1) is 13.1. The van der Waals surface area contributed by atoms with Crippen molar-refractivity contribution in [3.8, 4) is 0 Å². The van der Waals surface area contributed by atoms with E-state index in [0.29, 0.717) is 12.5 Å². The van der Waals surface area contributed by atoms with Gasteiger partial charge in [0.25, 0.3) is 0 Å². The van der Waals surface area contributed by atoms with Crippen LogP contribution in [0.15, 0.2) is 0 Å². The quantitative estimate of drug-likeness (QED) is 0.773. The molecule has 4 heteroatoms. The number of imide groups is 1. The minimum absolute atomic E-state index is 0.0181. The van der Waals surface area contributed by atoms with E-state index in [9.17, 15) is 14.7 Å². The van der Waals surface area contributed by atoms with Gasteiger partial charge in [-0.2, -0.15) is 0 Å². The largest absolute Gasteiger partial charge is 0.393 e. The number of amides is 2. The van der Waals surface area contributed by atoms with E-state index in [2.05, 4.69) is 0 Å². The molecule has 2 saturated carbocycles. The van der Waals surface area contributed by atoms with Gasteiger partial charge in [-0.3, -0.25) is 14.5 Å². The molecule has 3 fully saturated rings. The van der Waals surface area contributed by atoms with Crippen LogP contribution in [0.3, 0.4) is 0 Å². The van der Waals surface area contributed by atoms with Crippen LogP contribution in [0.4, 0.5) is 0 Å². The third-order valence-electron chi connectivity index (χ3n) is 5.19. The molecule has 2 amide bonds. The molecule has 2 atom stereocenters. The monoisotopic (exact) mass is 265 g/mol. The van der Waals surface area contributed by atoms with E-state index in [4.69, 9.17) is 0 Å². The first-order valence-electron chi connectivity index (χ1n) is 7.70. The lowest BCUT2D eigenvalue weighted by Crippen LogP contribution is -2.37. The van der Waals surface area contributed by atoms with Crippen molar-refractivity contribution in [2.75, 3.05) is 6.54 Å². The summed E-state index contributed by atoms with van der Waals surface area (Å²) in [6, 6.07) is 0. The van der Waals surface area contributed by atoms with Crippen molar-refractivity contribution in [2.24, 2.45) is 17.8 Å². The Bertz CT molecular complexity index is 350. The van der Waals surface area contributed by atoms with Crippen LogP contribution < -0.4 is 0 Å². The summed E-state index contributed by atoms with van der Waals surface area (Å²) in [5.41, 5.74) is 0. The molecule has 3 aliphatic rings. The van der Waals surface area contributed by atoms with Crippen LogP contribution in [-0.2, 0) is 9.59 Å². The highest BCUT2D eigenvalue weighted by atomic mass is 16.3. The fourth-order valence-corrected chi connectivity index (χ4v) is 4.00. The van der Waals surface area contributed by atoms with Crippen LogP contribution in [0.2, 0.25) is 0 Å². The molecule has 0 spiro atoms. The van der Waals surface area contributed by atoms with Crippen molar-refractivity contribution >= 4 is 11.8 Å². The lowest BCUT2D eigenvalue weighted by Gasteiger charge is -2.28. The number of fused-ring (bicyclic) bond motifs is 1. The van der Waals surface area contributed by atoms with E-state index in [-0.39, 0.29) is 29.8 Å². The number of carbonyl (C=O) groups is 2. The Balaban J connectivity index is 1.64. The molecule has 2 unspecified atom stereocenters. The van der Waals surface area contributed by atoms with Crippen molar-refractivity contribution in [3.63, 3.8) is 0 Å². The second-order valence-electron chi connectivity index (χ2n) is 6.46. The molecule has 2 aliphatic carbocycles. The van der Waals surface area contributed by atoms with Gasteiger partial charge in [0.2, 0.25) is 11.8 Å². The summed E-state index contributed by atoms with van der Waals surface area (Å²) in [7, 11) is 0. The second kappa shape index (κ2) is 5.23. The Morgan fingerprint density at radius 3 is 1.95 bits per heavy atom. The summed E-state index contributed by atoms with van der Waals surface area (Å²) in [4.78, 5) is 26.2. The first-order valence-corrected chi connectivity index (χ1v) is 7.70. The zero-order chi connectivity index (χ0) is 13.4. The Morgan fingerprint density at radius 2 is 1.42 bits per heavy atom. The van der Waals surface area contributed by atoms with Gasteiger partial charge in [0.15, 0.2) is 0 Å². The molecule has 1 saturated heterocycles. The molecule has 1 heterocycles. The van der Waals surface area contributed by atoms with E-state index in [1.165, 1.54) is 0 Å². The van der Waals surface area contributed by atoms with E-state index in [1.807, 2.05) is 0 Å². The van der Waals surface area contributed by atoms with Crippen LogP contribution in [0.25, 0.3) is 0 Å². The number of carbonyl (C=O) groups excluding carboxylic acids is 2. The highest BCUT2D eigenvalue weighted by Gasteiger charge is 2.48. The molecule has 19 heavy (non-hydrogen) atoms. The SMILES string of the molecule is O=C1C2CCCCC2C(=O)N1CC1CCC(O)CC1. The topological polar surface area (TPSA) is 57.6 Å². The molecule has 1 aliphatic heterocycles. The van der Waals surface area contributed by atoms with Crippen LogP contribution in [0.5, 0.6) is 0 Å². The molecule has 0 aromatic carbocycles. The van der Waals surface area contributed by atoms with Crippen LogP contribution in [-0.4, -0.2) is 34.5 Å². The third kappa shape index (κ3) is 2.42. The molecular weight excluding hydrogens is 242 g/mol. The van der Waals surface area contributed by atoms with Gasteiger partial charge in [0.05, 0.1) is 17.9 Å². The predicted octanol–water partition coefficient (Wildman–Crippen LogP) is 1.71. The van der Waals surface area contributed by atoms with Gasteiger partial charge in [-0.25, -0.2) is 0 Å². The molecule has 0 bridgehead atoms. The third-order valence-corrected chi connectivity index (χ3v) is 5.19. The Kier molecular flexibility index (Phi) is 3.61. The zero-order valence-electron chi connectivity index (χ0n) is 11.4. The normalized spacial score (nSPS) is 39.5. The number of aliphatic hydroxyl groups is 1. The highest BCUT2D eigenvalue weighted by molar-refractivity contribution is 6.05. The molecule has 0 radical (unpaired) electrons. The maximum absolute atomic E-state index is 12.3. The summed E-state index contributed by atoms with van der Waals surface area (Å²) in [6.45, 7) is 0.595. The van der Waals surface area contributed by atoms with Crippen LogP contribution in [0.1, 0.15) is 51.4 Å². The lowest BCUT2D eigenvalue weighted by molar-refractivity contribution is -0.140. The van der Waals surface area contributed by atoms with Gasteiger partial charge in [-0.05, 0) is 44.4 Å². The zero-order valence-corrected chi connectivity index (χ0v) is 11.4. The maximum Gasteiger partial charge on any atom is 0.233 e. The average Bonchev–Trinajstić information content (AvgIpc) is 2.67. The summed E-state index contributed by atoms with van der Waals surface area (Å²) in [5, 5.41) is 9.51. The Labute approximate surface area is 114 Å². The molecule has 0 aromatic heterocycles. The molecular formula is C15H23NO3. The number of hydrogen-bond donors (Lipinski definition) is 1. The van der Waals surface area contributed by atoms with Gasteiger partial charge in [0.1, 0.15) is 0 Å². The summed E-state index contributed by atoms with van der Waals surface area (Å²) >= 11 is 0. The number of hydrogen-bond acceptors (Lipinski definition) is 3. The van der Waals surface area contributed by atoms with Crippen LogP contribution in [0, 0.1) is 17.8 Å². The van der Waals surface area contributed by atoms with Crippen LogP contribution >= 0.6 is 0 Å². The fraction of sp³-hybridized carbons (Fsp3) is 0.867. The smallest absolute Gasteiger partial charge is 0.233 e. The highest BCUT2D eigenvalue weighted by Crippen LogP contribution is 2.39. The standard InChI is InChI=1S/C15H23NO3/c17-11-7-5-10(6-8-11)9-16-14(18)12-3-1-2-4-13(12)15(16)19/h10-13,17H,1-9H2. The summed E-state index contributed by atoms with van der Waals surface area (Å²) in [6.07, 6.45) is 7.30. The van der Waals surface area contributed by atoms with E-state index < -0.39 is 0 Å². The summed E-state index contributed by atoms with van der Waals surface area (Å²) in [5.74, 6) is 0.531. The van der Waals surface area contributed by atoms with Crippen molar-refractivity contribution in [1.82, 2.24) is 4.90 Å². The van der Waals surface area contributed by atoms with Gasteiger partial charge >= 0.3 is 0 Å². The van der Waals surface area contributed by atoms with Gasteiger partial charge in [0, 0.05) is 6.54 Å². The van der Waals surface area contributed by atoms with Crippen molar-refractivity contribution < 1.29 is 14.7 Å². The van der Waals surface area contributed by atoms with E-state index in [1.54, 1.807) is 4.90 Å². The van der Waals surface area contributed by atoms with E-state index >= 15 is 0 Å². The Morgan fingerprint density at radius 1 is 0.895 bits per heavy atom. The molecule has 4 nitrogen and oxygen atoms in total. The van der Waals surface area contributed by atoms with E-state index in [0.717, 1.165) is 51.4 Å². The van der Waals surface area contributed by atoms with Crippen molar-refractivity contribution in [2.45, 2.75) is 57.5 Å². The van der Waals surface area contributed by atoms with Crippen molar-refractivity contribution in [3.05, 3.63) is 0 Å². The predicted molar refractivity (Wildman–Crippen MR) is 70.1 cm³/mol. The molecule has 1 N–H and O–H groups in total. The number of aliphatic hydroxyl groups excluding tert-OH is 1. The minimum atomic E-state index is -0.177. The average molecular weight is 265 g/mol. The number of nitrogens with zero attached hydrogens (tertiary/aromatic N) is 1. The van der Waals surface area contributed by atoms with Gasteiger partial charge in [-0.15, -0.1) is 0 Å². The maximum atomic E-state index is 12.3. The Hall–Kier alpha value is -0.900. The second-order valence-corrected chi connectivity index (χ2v) is 6.46. The summed E-state index contributed by atoms with van der Waals surface area (Å²) < 4.78 is 0. The van der Waals surface area contributed by atoms with Gasteiger partial charge in [-0.1, -0.05) is 12.8 Å². The fourth-order valence-electron chi connectivity index (χ4n) is 4.00. The molecule has 0 aromatic rings. The first-order chi connectivity index (χ1) is 9.16. The van der Waals surface area contributed by atoms with Gasteiger partial charge < -0.3 is 5.11 Å². The molecule has 106 valence electrons. The minimum Gasteiger partial charge on any atom is -0.393 e.